The molecule has 46 heavy (non-hydrogen) atoms. The van der Waals surface area contributed by atoms with Gasteiger partial charge in [0.2, 0.25) is 0 Å². The molecule has 0 bridgehead atoms. The first-order valence-electron chi connectivity index (χ1n) is 14.9. The summed E-state index contributed by atoms with van der Waals surface area (Å²) in [6, 6.07) is 40.5. The van der Waals surface area contributed by atoms with E-state index in [4.69, 9.17) is 14.2 Å². The van der Waals surface area contributed by atoms with Crippen molar-refractivity contribution in [2.75, 3.05) is 18.6 Å². The minimum Gasteiger partial charge on any atom is -0.497 e. The van der Waals surface area contributed by atoms with E-state index in [0.717, 1.165) is 45.1 Å². The number of ketones is 1. The van der Waals surface area contributed by atoms with E-state index in [0.29, 0.717) is 5.75 Å². The van der Waals surface area contributed by atoms with Crippen LogP contribution >= 0.6 is 0 Å². The molecule has 0 heterocycles. The number of hydrogen-bond acceptors (Lipinski definition) is 6. The van der Waals surface area contributed by atoms with Gasteiger partial charge in [-0.1, -0.05) is 90.5 Å². The fraction of sp³-hybridized carbons (Fsp3) is 0.100. The Bertz CT molecular complexity index is 1800. The quantitative estimate of drug-likeness (QED) is 0.0844. The normalized spacial score (nSPS) is 11.0. The minimum absolute atomic E-state index is 0.253. The molecule has 0 aromatic heterocycles. The molecule has 0 amide bonds. The van der Waals surface area contributed by atoms with E-state index >= 15 is 0 Å². The number of ether oxygens (including phenoxy) is 3. The summed E-state index contributed by atoms with van der Waals surface area (Å²) in [5.41, 5.74) is 8.57. The summed E-state index contributed by atoms with van der Waals surface area (Å²) in [4.78, 5) is 24.9. The maximum absolute atomic E-state index is 11.7. The van der Waals surface area contributed by atoms with Crippen LogP contribution in [0.25, 0.3) is 24.3 Å². The van der Waals surface area contributed by atoms with Gasteiger partial charge in [-0.3, -0.25) is 4.79 Å². The average Bonchev–Trinajstić information content (AvgIpc) is 3.08. The molecule has 230 valence electrons. The number of rotatable bonds is 11. The number of aryl methyl sites for hydroxylation is 1. The zero-order chi connectivity index (χ0) is 32.3. The van der Waals surface area contributed by atoms with Gasteiger partial charge in [-0.2, -0.15) is 0 Å². The summed E-state index contributed by atoms with van der Waals surface area (Å²) < 4.78 is 15.1. The Kier molecular flexibility index (Phi) is 10.4. The first kappa shape index (κ1) is 31.5. The standard InChI is InChI=1S/C40H35NO5/c1-29-4-18-35(19-5-29)41(36-20-10-31(11-21-36)6-8-33-14-24-38(44-3)25-15-33)37-22-12-32(13-23-37)7-9-34-16-26-39(27-17-34)46-40(43)45-28-30(2)42/h4-27H,28H2,1-3H3/b8-6+,9-7+. The van der Waals surface area contributed by atoms with E-state index in [1.54, 1.807) is 19.2 Å². The van der Waals surface area contributed by atoms with Gasteiger partial charge in [0.15, 0.2) is 12.4 Å². The van der Waals surface area contributed by atoms with Gasteiger partial charge in [0.25, 0.3) is 0 Å². The van der Waals surface area contributed by atoms with Gasteiger partial charge in [0.1, 0.15) is 11.5 Å². The van der Waals surface area contributed by atoms with E-state index in [-0.39, 0.29) is 12.4 Å². The predicted octanol–water partition coefficient (Wildman–Crippen LogP) is 9.92. The molecule has 0 spiro atoms. The minimum atomic E-state index is -0.907. The number of anilines is 3. The zero-order valence-corrected chi connectivity index (χ0v) is 26.1. The van der Waals surface area contributed by atoms with Gasteiger partial charge in [-0.25, -0.2) is 4.79 Å². The molecule has 0 unspecified atom stereocenters. The molecule has 0 atom stereocenters. The van der Waals surface area contributed by atoms with Gasteiger partial charge >= 0.3 is 6.16 Å². The Hall–Kier alpha value is -5.88. The highest BCUT2D eigenvalue weighted by atomic mass is 16.7. The van der Waals surface area contributed by atoms with Crippen LogP contribution in [0.2, 0.25) is 0 Å². The Morgan fingerprint density at radius 3 is 1.33 bits per heavy atom. The molecule has 6 nitrogen and oxygen atoms in total. The van der Waals surface area contributed by atoms with Crippen LogP contribution in [0.15, 0.2) is 121 Å². The average molecular weight is 610 g/mol. The number of benzene rings is 5. The Balaban J connectivity index is 1.29. The van der Waals surface area contributed by atoms with Gasteiger partial charge in [-0.05, 0) is 96.8 Å². The number of carbonyl (C=O) groups is 2. The first-order valence-corrected chi connectivity index (χ1v) is 14.9. The number of nitrogens with zero attached hydrogens (tertiary/aromatic N) is 1. The number of methoxy groups -OCH3 is 1. The van der Waals surface area contributed by atoms with Crippen LogP contribution in [0.4, 0.5) is 21.9 Å². The van der Waals surface area contributed by atoms with Crippen molar-refractivity contribution in [3.63, 3.8) is 0 Å². The van der Waals surface area contributed by atoms with Crippen LogP contribution in [-0.4, -0.2) is 25.7 Å². The van der Waals surface area contributed by atoms with E-state index in [2.05, 4.69) is 96.8 Å². The lowest BCUT2D eigenvalue weighted by Gasteiger charge is -2.26. The molecule has 0 aliphatic rings. The van der Waals surface area contributed by atoms with Crippen molar-refractivity contribution in [2.45, 2.75) is 13.8 Å². The molecule has 0 fully saturated rings. The summed E-state index contributed by atoms with van der Waals surface area (Å²) >= 11 is 0. The van der Waals surface area contributed by atoms with E-state index in [1.807, 2.05) is 48.6 Å². The van der Waals surface area contributed by atoms with Crippen LogP contribution in [0.5, 0.6) is 11.5 Å². The lowest BCUT2D eigenvalue weighted by Crippen LogP contribution is -2.14. The Morgan fingerprint density at radius 2 is 0.935 bits per heavy atom. The maximum Gasteiger partial charge on any atom is 0.514 e. The summed E-state index contributed by atoms with van der Waals surface area (Å²) in [7, 11) is 1.67. The monoisotopic (exact) mass is 609 g/mol. The fourth-order valence-corrected chi connectivity index (χ4v) is 4.64. The molecular formula is C40H35NO5. The third kappa shape index (κ3) is 8.83. The molecule has 5 rings (SSSR count). The third-order valence-electron chi connectivity index (χ3n) is 7.12. The van der Waals surface area contributed by atoms with E-state index in [9.17, 15) is 9.59 Å². The van der Waals surface area contributed by atoms with Crippen molar-refractivity contribution in [3.05, 3.63) is 149 Å². The lowest BCUT2D eigenvalue weighted by molar-refractivity contribution is -0.120. The largest absolute Gasteiger partial charge is 0.514 e. The molecule has 0 N–H and O–H groups in total. The second-order valence-electron chi connectivity index (χ2n) is 10.7. The molecule has 0 radical (unpaired) electrons. The van der Waals surface area contributed by atoms with Crippen LogP contribution < -0.4 is 14.4 Å². The van der Waals surface area contributed by atoms with Crippen LogP contribution in [-0.2, 0) is 9.53 Å². The SMILES string of the molecule is COc1ccc(/C=C/c2ccc(N(c3ccc(C)cc3)c3ccc(/C=C/c4ccc(OC(=O)OCC(C)=O)cc4)cc3)cc2)cc1. The first-order chi connectivity index (χ1) is 22.4. The molecule has 0 saturated heterocycles. The molecule has 0 aliphatic carbocycles. The molecule has 5 aromatic carbocycles. The molecule has 5 aromatic rings. The second-order valence-corrected chi connectivity index (χ2v) is 10.7. The van der Waals surface area contributed by atoms with Crippen LogP contribution in [0.3, 0.4) is 0 Å². The van der Waals surface area contributed by atoms with Crippen LogP contribution in [0.1, 0.15) is 34.7 Å². The van der Waals surface area contributed by atoms with Crippen molar-refractivity contribution < 1.29 is 23.8 Å². The van der Waals surface area contributed by atoms with E-state index in [1.165, 1.54) is 12.5 Å². The highest BCUT2D eigenvalue weighted by Gasteiger charge is 2.12. The summed E-state index contributed by atoms with van der Waals surface area (Å²) in [5.74, 6) is 0.929. The van der Waals surface area contributed by atoms with Crippen molar-refractivity contribution in [2.24, 2.45) is 0 Å². The lowest BCUT2D eigenvalue weighted by atomic mass is 10.1. The second kappa shape index (κ2) is 15.2. The highest BCUT2D eigenvalue weighted by molar-refractivity contribution is 5.80. The summed E-state index contributed by atoms with van der Waals surface area (Å²) in [5, 5.41) is 0. The Labute approximate surface area is 269 Å². The zero-order valence-electron chi connectivity index (χ0n) is 26.1. The summed E-state index contributed by atoms with van der Waals surface area (Å²) in [6.07, 6.45) is 7.31. The summed E-state index contributed by atoms with van der Waals surface area (Å²) in [6.45, 7) is 3.12. The number of Topliss-reactive ketones (excluding diaryl/α,β-unsaturated/α-hetero) is 1. The fourth-order valence-electron chi connectivity index (χ4n) is 4.64. The molecule has 0 saturated carbocycles. The van der Waals surface area contributed by atoms with Gasteiger partial charge in [0, 0.05) is 17.1 Å². The predicted molar refractivity (Wildman–Crippen MR) is 186 cm³/mol. The van der Waals surface area contributed by atoms with Gasteiger partial charge < -0.3 is 19.1 Å². The number of carbonyl (C=O) groups excluding carboxylic acids is 2. The van der Waals surface area contributed by atoms with Crippen molar-refractivity contribution in [3.8, 4) is 11.5 Å². The smallest absolute Gasteiger partial charge is 0.497 e. The van der Waals surface area contributed by atoms with Crippen molar-refractivity contribution in [1.82, 2.24) is 0 Å². The van der Waals surface area contributed by atoms with Crippen molar-refractivity contribution >= 4 is 53.3 Å². The molecular weight excluding hydrogens is 574 g/mol. The highest BCUT2D eigenvalue weighted by Crippen LogP contribution is 2.35. The topological polar surface area (TPSA) is 65.1 Å². The van der Waals surface area contributed by atoms with Gasteiger partial charge in [-0.15, -0.1) is 0 Å². The number of hydrogen-bond donors (Lipinski definition) is 0. The van der Waals surface area contributed by atoms with Crippen molar-refractivity contribution in [1.29, 1.82) is 0 Å². The molecule has 0 aliphatic heterocycles. The van der Waals surface area contributed by atoms with Gasteiger partial charge in [0.05, 0.1) is 7.11 Å². The van der Waals surface area contributed by atoms with Crippen LogP contribution in [0, 0.1) is 6.92 Å². The van der Waals surface area contributed by atoms with E-state index < -0.39 is 6.16 Å². The Morgan fingerprint density at radius 1 is 0.565 bits per heavy atom. The third-order valence-corrected chi connectivity index (χ3v) is 7.12. The maximum atomic E-state index is 11.7. The molecule has 6 heteroatoms.